The minimum absolute atomic E-state index is 0.249. The van der Waals surface area contributed by atoms with Gasteiger partial charge >= 0.3 is 6.09 Å². The Hall–Kier alpha value is -5.43. The molecule has 0 saturated carbocycles. The van der Waals surface area contributed by atoms with E-state index < -0.39 is 11.7 Å². The van der Waals surface area contributed by atoms with E-state index in [-0.39, 0.29) is 18.0 Å². The van der Waals surface area contributed by atoms with E-state index in [9.17, 15) is 14.4 Å². The molecule has 2 N–H and O–H groups in total. The molecule has 13 heteroatoms. The van der Waals surface area contributed by atoms with Crippen molar-refractivity contribution in [2.75, 3.05) is 71.6 Å². The van der Waals surface area contributed by atoms with Gasteiger partial charge in [-0.3, -0.25) is 19.5 Å². The molecule has 0 radical (unpaired) electrons. The van der Waals surface area contributed by atoms with Crippen molar-refractivity contribution in [3.8, 4) is 0 Å². The van der Waals surface area contributed by atoms with Gasteiger partial charge in [0.15, 0.2) is 0 Å². The Balaban J connectivity index is 1.30. The van der Waals surface area contributed by atoms with Gasteiger partial charge < -0.3 is 29.7 Å². The summed E-state index contributed by atoms with van der Waals surface area (Å²) in [6.45, 7) is 13.6. The third-order valence-corrected chi connectivity index (χ3v) is 8.41. The number of hydrogen-bond donors (Lipinski definition) is 2. The van der Waals surface area contributed by atoms with Crippen LogP contribution in [-0.4, -0.2) is 83.4 Å². The van der Waals surface area contributed by atoms with E-state index in [1.807, 2.05) is 17.0 Å². The van der Waals surface area contributed by atoms with Gasteiger partial charge in [0, 0.05) is 69.3 Å². The smallest absolute Gasteiger partial charge is 0.412 e. The van der Waals surface area contributed by atoms with E-state index in [0.29, 0.717) is 46.3 Å². The Morgan fingerprint density at radius 1 is 0.958 bits per heavy atom. The largest absolute Gasteiger partial charge is 0.444 e. The number of carbonyl (C=O) groups is 2. The van der Waals surface area contributed by atoms with Crippen molar-refractivity contribution < 1.29 is 14.3 Å². The summed E-state index contributed by atoms with van der Waals surface area (Å²) in [7, 11) is 3.82. The number of aryl methyl sites for hydroxylation is 1. The van der Waals surface area contributed by atoms with Gasteiger partial charge in [-0.15, -0.1) is 0 Å². The topological polar surface area (TPSA) is 128 Å². The molecule has 250 valence electrons. The Morgan fingerprint density at radius 3 is 2.38 bits per heavy atom. The number of nitrogens with zero attached hydrogens (tertiary/aromatic N) is 7. The normalized spacial score (nSPS) is 15.2. The zero-order valence-corrected chi connectivity index (χ0v) is 28.0. The van der Waals surface area contributed by atoms with Crippen molar-refractivity contribution in [1.29, 1.82) is 0 Å². The van der Waals surface area contributed by atoms with E-state index >= 15 is 0 Å². The highest BCUT2D eigenvalue weighted by atomic mass is 16.6. The van der Waals surface area contributed by atoms with Crippen LogP contribution in [-0.2, 0) is 16.6 Å². The number of piperazine rings is 1. The quantitative estimate of drug-likeness (QED) is 0.280. The maximum atomic E-state index is 13.9. The molecule has 0 aliphatic carbocycles. The number of fused-ring (bicyclic) bond motifs is 2. The molecule has 2 aromatic heterocycles. The predicted molar refractivity (Wildman–Crippen MR) is 190 cm³/mol. The second-order valence-electron chi connectivity index (χ2n) is 13.0. The number of para-hydroxylation sites is 1. The first kappa shape index (κ1) is 32.5. The lowest BCUT2D eigenvalue weighted by molar-refractivity contribution is -0.114. The van der Waals surface area contributed by atoms with E-state index in [4.69, 9.17) is 4.74 Å². The molecule has 13 nitrogen and oxygen atoms in total. The number of hydrogen-bond acceptors (Lipinski definition) is 10. The summed E-state index contributed by atoms with van der Waals surface area (Å²) in [4.78, 5) is 56.9. The molecule has 4 heterocycles. The number of aromatic nitrogens is 3. The van der Waals surface area contributed by atoms with Gasteiger partial charge in [-0.2, -0.15) is 4.98 Å². The van der Waals surface area contributed by atoms with Crippen LogP contribution in [0.2, 0.25) is 0 Å². The van der Waals surface area contributed by atoms with E-state index in [0.717, 1.165) is 31.9 Å². The van der Waals surface area contributed by atoms with Crippen LogP contribution >= 0.6 is 0 Å². The fourth-order valence-corrected chi connectivity index (χ4v) is 5.99. The molecule has 2 aliphatic rings. The molecular formula is C35H41N9O4. The summed E-state index contributed by atoms with van der Waals surface area (Å²) in [6, 6.07) is 15.2. The molecule has 1 saturated heterocycles. The first-order valence-electron chi connectivity index (χ1n) is 15.9. The lowest BCUT2D eigenvalue weighted by atomic mass is 10.1. The average Bonchev–Trinajstić information content (AvgIpc) is 3.06. The molecule has 2 aromatic carbocycles. The number of ether oxygens (including phenoxy) is 1. The molecule has 1 fully saturated rings. The first-order chi connectivity index (χ1) is 22.9. The molecule has 2 amide bonds. The van der Waals surface area contributed by atoms with Crippen LogP contribution < -0.4 is 30.9 Å². The number of rotatable bonds is 6. The number of pyridine rings is 1. The summed E-state index contributed by atoms with van der Waals surface area (Å²) >= 11 is 0. The molecule has 0 spiro atoms. The summed E-state index contributed by atoms with van der Waals surface area (Å²) in [5.74, 6) is 0.0421. The second kappa shape index (κ2) is 13.0. The van der Waals surface area contributed by atoms with Crippen LogP contribution in [0.1, 0.15) is 20.8 Å². The van der Waals surface area contributed by atoms with E-state index in [2.05, 4.69) is 56.2 Å². The number of carbonyl (C=O) groups excluding carboxylic acids is 2. The van der Waals surface area contributed by atoms with Gasteiger partial charge in [0.25, 0.3) is 11.5 Å². The molecule has 48 heavy (non-hydrogen) atoms. The summed E-state index contributed by atoms with van der Waals surface area (Å²) < 4.78 is 6.96. The van der Waals surface area contributed by atoms with Crippen LogP contribution in [0, 0.1) is 0 Å². The SMILES string of the molecule is C=CC(=O)N1CCN(c2cc3cnc(Nc4ccc(N5CCN(C)CC5)cc4)nc3n(C)c2=O)c2cccc(NC(=O)OC(C)(C)C)c21. The standard InChI is InChI=1S/C35H41N9O4/c1-7-29(45)44-20-19-43(27-10-8-9-26(30(27)44)38-34(47)48-35(2,3)4)28-21-23-22-36-33(39-31(23)41(6)32(28)46)37-24-11-13-25(14-12-24)42-17-15-40(5)16-18-42/h7-14,21-22H,1,15-20H2,2-6H3,(H,38,47)(H,36,37,39). The van der Waals surface area contributed by atoms with Crippen molar-refractivity contribution in [3.05, 3.63) is 77.7 Å². The number of amides is 2. The molecule has 2 aliphatic heterocycles. The zero-order chi connectivity index (χ0) is 34.2. The van der Waals surface area contributed by atoms with Gasteiger partial charge in [0.05, 0.1) is 17.1 Å². The van der Waals surface area contributed by atoms with E-state index in [1.54, 1.807) is 58.3 Å². The Kier molecular flexibility index (Phi) is 8.80. The number of nitrogens with one attached hydrogen (secondary N) is 2. The molecule has 0 bridgehead atoms. The zero-order valence-electron chi connectivity index (χ0n) is 28.0. The fourth-order valence-electron chi connectivity index (χ4n) is 5.99. The van der Waals surface area contributed by atoms with Gasteiger partial charge in [-0.25, -0.2) is 9.78 Å². The number of likely N-dealkylation sites (N-methyl/N-ethyl adjacent to an activating group) is 1. The van der Waals surface area contributed by atoms with Gasteiger partial charge in [0.1, 0.15) is 16.9 Å². The number of benzene rings is 2. The lowest BCUT2D eigenvalue weighted by Gasteiger charge is -2.38. The Labute approximate surface area is 279 Å². The average molecular weight is 652 g/mol. The molecule has 0 atom stereocenters. The summed E-state index contributed by atoms with van der Waals surface area (Å²) in [5, 5.41) is 6.71. The van der Waals surface area contributed by atoms with Crippen LogP contribution in [0.3, 0.4) is 0 Å². The number of anilines is 7. The lowest BCUT2D eigenvalue weighted by Crippen LogP contribution is -2.44. The monoisotopic (exact) mass is 651 g/mol. The van der Waals surface area contributed by atoms with Crippen molar-refractivity contribution >= 4 is 63.1 Å². The highest BCUT2D eigenvalue weighted by Crippen LogP contribution is 2.42. The summed E-state index contributed by atoms with van der Waals surface area (Å²) in [6.07, 6.45) is 2.25. The summed E-state index contributed by atoms with van der Waals surface area (Å²) in [5.41, 5.74) is 3.26. The Morgan fingerprint density at radius 2 is 1.69 bits per heavy atom. The van der Waals surface area contributed by atoms with Crippen LogP contribution in [0.4, 0.5) is 44.9 Å². The van der Waals surface area contributed by atoms with Gasteiger partial charge in [-0.05, 0) is 76.4 Å². The third kappa shape index (κ3) is 6.67. The highest BCUT2D eigenvalue weighted by molar-refractivity contribution is 6.09. The van der Waals surface area contributed by atoms with Crippen molar-refractivity contribution in [1.82, 2.24) is 19.4 Å². The third-order valence-electron chi connectivity index (χ3n) is 8.41. The molecule has 4 aromatic rings. The first-order valence-corrected chi connectivity index (χ1v) is 15.9. The molecular weight excluding hydrogens is 610 g/mol. The van der Waals surface area contributed by atoms with Gasteiger partial charge in [-0.1, -0.05) is 12.6 Å². The van der Waals surface area contributed by atoms with Crippen molar-refractivity contribution in [2.45, 2.75) is 26.4 Å². The maximum Gasteiger partial charge on any atom is 0.412 e. The van der Waals surface area contributed by atoms with Crippen molar-refractivity contribution in [2.24, 2.45) is 7.05 Å². The maximum absolute atomic E-state index is 13.9. The highest BCUT2D eigenvalue weighted by Gasteiger charge is 2.32. The second-order valence-corrected chi connectivity index (χ2v) is 13.0. The van der Waals surface area contributed by atoms with Gasteiger partial charge in [0.2, 0.25) is 5.95 Å². The minimum atomic E-state index is -0.717. The van der Waals surface area contributed by atoms with E-state index in [1.165, 1.54) is 21.2 Å². The molecule has 0 unspecified atom stereocenters. The van der Waals surface area contributed by atoms with Crippen LogP contribution in [0.5, 0.6) is 0 Å². The minimum Gasteiger partial charge on any atom is -0.444 e. The predicted octanol–water partition coefficient (Wildman–Crippen LogP) is 4.84. The molecule has 6 rings (SSSR count). The van der Waals surface area contributed by atoms with Crippen molar-refractivity contribution in [3.63, 3.8) is 0 Å². The Bertz CT molecular complexity index is 1930. The fraction of sp³-hybridized carbons (Fsp3) is 0.343. The van der Waals surface area contributed by atoms with Crippen LogP contribution in [0.15, 0.2) is 72.2 Å². The van der Waals surface area contributed by atoms with Crippen LogP contribution in [0.25, 0.3) is 11.0 Å².